The van der Waals surface area contributed by atoms with E-state index in [2.05, 4.69) is 34.3 Å². The van der Waals surface area contributed by atoms with E-state index >= 15 is 0 Å². The molecule has 2 heterocycles. The number of morpholine rings is 1. The van der Waals surface area contributed by atoms with Gasteiger partial charge in [-0.05, 0) is 45.0 Å². The highest BCUT2D eigenvalue weighted by Crippen LogP contribution is 2.05. The minimum Gasteiger partial charge on any atom is -0.379 e. The molecule has 4 nitrogen and oxygen atoms in total. The zero-order valence-corrected chi connectivity index (χ0v) is 12.1. The van der Waals surface area contributed by atoms with Crippen LogP contribution in [0.25, 0.3) is 0 Å². The van der Waals surface area contributed by atoms with Crippen molar-refractivity contribution in [1.29, 1.82) is 0 Å². The van der Waals surface area contributed by atoms with Crippen LogP contribution < -0.4 is 5.32 Å². The van der Waals surface area contributed by atoms with Gasteiger partial charge < -0.3 is 10.1 Å². The predicted molar refractivity (Wildman–Crippen MR) is 77.3 cm³/mol. The van der Waals surface area contributed by atoms with Gasteiger partial charge in [0.2, 0.25) is 0 Å². The number of ether oxygens (including phenoxy) is 1. The maximum atomic E-state index is 5.34. The van der Waals surface area contributed by atoms with Crippen LogP contribution in [0.2, 0.25) is 0 Å². The second kappa shape index (κ2) is 7.58. The number of aryl methyl sites for hydroxylation is 2. The normalized spacial score (nSPS) is 16.7. The SMILES string of the molecule is Cc1ccc(CNCCCN2CCOCC2)c(C)n1. The van der Waals surface area contributed by atoms with Crippen molar-refractivity contribution < 1.29 is 4.74 Å². The van der Waals surface area contributed by atoms with Crippen molar-refractivity contribution >= 4 is 0 Å². The van der Waals surface area contributed by atoms with E-state index in [1.165, 1.54) is 18.5 Å². The minimum atomic E-state index is 0.891. The van der Waals surface area contributed by atoms with Crippen LogP contribution in [0.5, 0.6) is 0 Å². The summed E-state index contributed by atoms with van der Waals surface area (Å²) in [6.45, 7) is 11.2. The van der Waals surface area contributed by atoms with Crippen LogP contribution in [0.1, 0.15) is 23.4 Å². The van der Waals surface area contributed by atoms with E-state index in [4.69, 9.17) is 4.74 Å². The Bertz CT molecular complexity index is 389. The first kappa shape index (κ1) is 14.4. The lowest BCUT2D eigenvalue weighted by Crippen LogP contribution is -2.37. The third-order valence-corrected chi connectivity index (χ3v) is 3.58. The molecule has 1 N–H and O–H groups in total. The molecule has 1 aromatic heterocycles. The molecule has 1 saturated heterocycles. The molecule has 4 heteroatoms. The smallest absolute Gasteiger partial charge is 0.0594 e. The Morgan fingerprint density at radius 1 is 1.26 bits per heavy atom. The van der Waals surface area contributed by atoms with Crippen LogP contribution in [-0.2, 0) is 11.3 Å². The van der Waals surface area contributed by atoms with Crippen LogP contribution in [0, 0.1) is 13.8 Å². The number of hydrogen-bond acceptors (Lipinski definition) is 4. The Balaban J connectivity index is 1.61. The molecule has 0 amide bonds. The van der Waals surface area contributed by atoms with Crippen molar-refractivity contribution in [1.82, 2.24) is 15.2 Å². The fourth-order valence-corrected chi connectivity index (χ4v) is 2.38. The molecule has 19 heavy (non-hydrogen) atoms. The van der Waals surface area contributed by atoms with E-state index in [0.717, 1.165) is 50.8 Å². The fourth-order valence-electron chi connectivity index (χ4n) is 2.38. The Hall–Kier alpha value is -0.970. The molecule has 1 fully saturated rings. The monoisotopic (exact) mass is 263 g/mol. The highest BCUT2D eigenvalue weighted by Gasteiger charge is 2.08. The molecule has 1 aromatic rings. The molecular weight excluding hydrogens is 238 g/mol. The topological polar surface area (TPSA) is 37.4 Å². The predicted octanol–water partition coefficient (Wildman–Crippen LogP) is 1.51. The average Bonchev–Trinajstić information content (AvgIpc) is 2.42. The summed E-state index contributed by atoms with van der Waals surface area (Å²) in [6, 6.07) is 4.25. The zero-order valence-electron chi connectivity index (χ0n) is 12.1. The molecule has 1 aliphatic heterocycles. The minimum absolute atomic E-state index is 0.891. The van der Waals surface area contributed by atoms with E-state index < -0.39 is 0 Å². The van der Waals surface area contributed by atoms with Crippen molar-refractivity contribution in [3.63, 3.8) is 0 Å². The fraction of sp³-hybridized carbons (Fsp3) is 0.667. The van der Waals surface area contributed by atoms with Gasteiger partial charge >= 0.3 is 0 Å². The Morgan fingerprint density at radius 3 is 2.79 bits per heavy atom. The highest BCUT2D eigenvalue weighted by atomic mass is 16.5. The lowest BCUT2D eigenvalue weighted by Gasteiger charge is -2.26. The van der Waals surface area contributed by atoms with Gasteiger partial charge in [0.25, 0.3) is 0 Å². The van der Waals surface area contributed by atoms with Gasteiger partial charge in [-0.1, -0.05) is 6.07 Å². The van der Waals surface area contributed by atoms with Crippen molar-refractivity contribution in [3.8, 4) is 0 Å². The van der Waals surface area contributed by atoms with Gasteiger partial charge in [-0.25, -0.2) is 0 Å². The van der Waals surface area contributed by atoms with Gasteiger partial charge in [-0.2, -0.15) is 0 Å². The second-order valence-corrected chi connectivity index (χ2v) is 5.18. The Kier molecular flexibility index (Phi) is 5.76. The summed E-state index contributed by atoms with van der Waals surface area (Å²) in [5, 5.41) is 3.50. The maximum absolute atomic E-state index is 5.34. The second-order valence-electron chi connectivity index (χ2n) is 5.18. The summed E-state index contributed by atoms with van der Waals surface area (Å²) in [5.74, 6) is 0. The number of aromatic nitrogens is 1. The molecule has 1 aliphatic rings. The Morgan fingerprint density at radius 2 is 2.05 bits per heavy atom. The van der Waals surface area contributed by atoms with E-state index in [-0.39, 0.29) is 0 Å². The summed E-state index contributed by atoms with van der Waals surface area (Å²) >= 11 is 0. The molecule has 0 unspecified atom stereocenters. The number of rotatable bonds is 6. The number of nitrogens with zero attached hydrogens (tertiary/aromatic N) is 2. The third-order valence-electron chi connectivity index (χ3n) is 3.58. The summed E-state index contributed by atoms with van der Waals surface area (Å²) in [7, 11) is 0. The number of pyridine rings is 1. The first-order valence-electron chi connectivity index (χ1n) is 7.19. The van der Waals surface area contributed by atoms with Crippen LogP contribution in [0.15, 0.2) is 12.1 Å². The van der Waals surface area contributed by atoms with Crippen LogP contribution >= 0.6 is 0 Å². The lowest BCUT2D eigenvalue weighted by molar-refractivity contribution is 0.0374. The molecule has 0 aliphatic carbocycles. The standard InChI is InChI=1S/C15H25N3O/c1-13-4-5-15(14(2)17-13)12-16-6-3-7-18-8-10-19-11-9-18/h4-5,16H,3,6-12H2,1-2H3. The molecule has 0 aromatic carbocycles. The molecule has 0 spiro atoms. The van der Waals surface area contributed by atoms with Crippen LogP contribution in [0.3, 0.4) is 0 Å². The first-order valence-corrected chi connectivity index (χ1v) is 7.19. The highest BCUT2D eigenvalue weighted by molar-refractivity contribution is 5.21. The zero-order chi connectivity index (χ0) is 13.5. The van der Waals surface area contributed by atoms with Crippen molar-refractivity contribution in [2.45, 2.75) is 26.8 Å². The van der Waals surface area contributed by atoms with E-state index in [1.54, 1.807) is 0 Å². The average molecular weight is 263 g/mol. The molecule has 0 bridgehead atoms. The summed E-state index contributed by atoms with van der Waals surface area (Å²) < 4.78 is 5.34. The maximum Gasteiger partial charge on any atom is 0.0594 e. The van der Waals surface area contributed by atoms with Crippen molar-refractivity contribution in [3.05, 3.63) is 29.1 Å². The van der Waals surface area contributed by atoms with Gasteiger partial charge in [0.15, 0.2) is 0 Å². The first-order chi connectivity index (χ1) is 9.25. The van der Waals surface area contributed by atoms with Gasteiger partial charge in [0, 0.05) is 31.0 Å². The van der Waals surface area contributed by atoms with Gasteiger partial charge in [0.1, 0.15) is 0 Å². The molecule has 0 saturated carbocycles. The molecule has 2 rings (SSSR count). The van der Waals surface area contributed by atoms with Crippen LogP contribution in [0.4, 0.5) is 0 Å². The van der Waals surface area contributed by atoms with Gasteiger partial charge in [-0.3, -0.25) is 9.88 Å². The lowest BCUT2D eigenvalue weighted by atomic mass is 10.2. The van der Waals surface area contributed by atoms with Gasteiger partial charge in [-0.15, -0.1) is 0 Å². The summed E-state index contributed by atoms with van der Waals surface area (Å²) in [5.41, 5.74) is 3.53. The van der Waals surface area contributed by atoms with Crippen molar-refractivity contribution in [2.24, 2.45) is 0 Å². The molecule has 106 valence electrons. The van der Waals surface area contributed by atoms with Crippen molar-refractivity contribution in [2.75, 3.05) is 39.4 Å². The number of nitrogens with one attached hydrogen (secondary N) is 1. The molecule has 0 radical (unpaired) electrons. The summed E-state index contributed by atoms with van der Waals surface area (Å²) in [4.78, 5) is 6.96. The Labute approximate surface area is 116 Å². The molecular formula is C15H25N3O. The molecule has 0 atom stereocenters. The third kappa shape index (κ3) is 4.90. The van der Waals surface area contributed by atoms with E-state index in [9.17, 15) is 0 Å². The van der Waals surface area contributed by atoms with E-state index in [0.29, 0.717) is 0 Å². The van der Waals surface area contributed by atoms with E-state index in [1.807, 2.05) is 6.92 Å². The quantitative estimate of drug-likeness (QED) is 0.790. The van der Waals surface area contributed by atoms with Crippen LogP contribution in [-0.4, -0.2) is 49.3 Å². The number of hydrogen-bond donors (Lipinski definition) is 1. The van der Waals surface area contributed by atoms with Gasteiger partial charge in [0.05, 0.1) is 13.2 Å². The summed E-state index contributed by atoms with van der Waals surface area (Å²) in [6.07, 6.45) is 1.19. The largest absolute Gasteiger partial charge is 0.379 e.